The zero-order chi connectivity index (χ0) is 13.5. The SMILES string of the molecule is COc1ccc(C)cc1/C=C/C(=O)NC[C@@H](C)O. The van der Waals surface area contributed by atoms with E-state index < -0.39 is 6.10 Å². The Labute approximate surface area is 107 Å². The molecule has 0 unspecified atom stereocenters. The first kappa shape index (κ1) is 14.3. The van der Waals surface area contributed by atoms with Gasteiger partial charge in [-0.3, -0.25) is 4.79 Å². The number of nitrogens with one attached hydrogen (secondary N) is 1. The third kappa shape index (κ3) is 4.59. The van der Waals surface area contributed by atoms with E-state index in [1.165, 1.54) is 6.08 Å². The van der Waals surface area contributed by atoms with Crippen LogP contribution in [-0.4, -0.2) is 30.8 Å². The van der Waals surface area contributed by atoms with Gasteiger partial charge in [0.05, 0.1) is 13.2 Å². The Kier molecular flexibility index (Phi) is 5.39. The molecular formula is C14H19NO3. The van der Waals surface area contributed by atoms with Gasteiger partial charge in [0.1, 0.15) is 5.75 Å². The lowest BCUT2D eigenvalue weighted by Crippen LogP contribution is -2.28. The second-order valence-electron chi connectivity index (χ2n) is 4.17. The predicted octanol–water partition coefficient (Wildman–Crippen LogP) is 1.51. The van der Waals surface area contributed by atoms with Crippen LogP contribution in [-0.2, 0) is 4.79 Å². The number of aliphatic hydroxyl groups excluding tert-OH is 1. The third-order valence-corrected chi connectivity index (χ3v) is 2.37. The highest BCUT2D eigenvalue weighted by Crippen LogP contribution is 2.20. The number of amides is 1. The van der Waals surface area contributed by atoms with Crippen LogP contribution in [0, 0.1) is 6.92 Å². The van der Waals surface area contributed by atoms with E-state index in [0.717, 1.165) is 16.9 Å². The maximum Gasteiger partial charge on any atom is 0.244 e. The Morgan fingerprint density at radius 1 is 1.56 bits per heavy atom. The van der Waals surface area contributed by atoms with Crippen LogP contribution in [0.1, 0.15) is 18.1 Å². The largest absolute Gasteiger partial charge is 0.496 e. The summed E-state index contributed by atoms with van der Waals surface area (Å²) in [5.74, 6) is 0.486. The molecule has 0 aliphatic carbocycles. The Hall–Kier alpha value is -1.81. The predicted molar refractivity (Wildman–Crippen MR) is 71.5 cm³/mol. The standard InChI is InChI=1S/C14H19NO3/c1-10-4-6-13(18-3)12(8-10)5-7-14(17)15-9-11(2)16/h4-8,11,16H,9H2,1-3H3,(H,15,17)/b7-5+/t11-/m1/s1. The van der Waals surface area contributed by atoms with E-state index in [9.17, 15) is 4.79 Å². The molecule has 0 aliphatic heterocycles. The number of carbonyl (C=O) groups is 1. The summed E-state index contributed by atoms with van der Waals surface area (Å²) in [6.45, 7) is 3.84. The van der Waals surface area contributed by atoms with Crippen LogP contribution < -0.4 is 10.1 Å². The highest BCUT2D eigenvalue weighted by molar-refractivity contribution is 5.92. The van der Waals surface area contributed by atoms with Gasteiger partial charge in [-0.1, -0.05) is 11.6 Å². The van der Waals surface area contributed by atoms with E-state index in [0.29, 0.717) is 0 Å². The Balaban J connectivity index is 2.71. The lowest BCUT2D eigenvalue weighted by atomic mass is 10.1. The zero-order valence-corrected chi connectivity index (χ0v) is 10.9. The molecule has 0 radical (unpaired) electrons. The number of benzene rings is 1. The van der Waals surface area contributed by atoms with Gasteiger partial charge in [0.15, 0.2) is 0 Å². The molecule has 98 valence electrons. The van der Waals surface area contributed by atoms with Gasteiger partial charge in [0.25, 0.3) is 0 Å². The first-order valence-corrected chi connectivity index (χ1v) is 5.81. The summed E-state index contributed by atoms with van der Waals surface area (Å²) in [5.41, 5.74) is 1.95. The minimum Gasteiger partial charge on any atom is -0.496 e. The maximum atomic E-state index is 11.5. The lowest BCUT2D eigenvalue weighted by Gasteiger charge is -2.06. The average molecular weight is 249 g/mol. The van der Waals surface area contributed by atoms with Crippen LogP contribution in [0.25, 0.3) is 6.08 Å². The number of hydrogen-bond acceptors (Lipinski definition) is 3. The minimum atomic E-state index is -0.546. The van der Waals surface area contributed by atoms with E-state index in [1.807, 2.05) is 25.1 Å². The van der Waals surface area contributed by atoms with Gasteiger partial charge in [0.2, 0.25) is 5.91 Å². The zero-order valence-electron chi connectivity index (χ0n) is 10.9. The van der Waals surface area contributed by atoms with E-state index in [1.54, 1.807) is 20.1 Å². The van der Waals surface area contributed by atoms with E-state index in [2.05, 4.69) is 5.32 Å². The van der Waals surface area contributed by atoms with E-state index in [4.69, 9.17) is 9.84 Å². The molecule has 0 heterocycles. The van der Waals surface area contributed by atoms with Gasteiger partial charge in [-0.15, -0.1) is 0 Å². The molecule has 1 aromatic carbocycles. The smallest absolute Gasteiger partial charge is 0.244 e. The van der Waals surface area contributed by atoms with Gasteiger partial charge in [0, 0.05) is 18.2 Å². The molecule has 18 heavy (non-hydrogen) atoms. The molecule has 1 amide bonds. The highest BCUT2D eigenvalue weighted by Gasteiger charge is 2.02. The van der Waals surface area contributed by atoms with Crippen molar-refractivity contribution >= 4 is 12.0 Å². The topological polar surface area (TPSA) is 58.6 Å². The quantitative estimate of drug-likeness (QED) is 0.778. The molecule has 4 heteroatoms. The molecule has 0 aliphatic rings. The lowest BCUT2D eigenvalue weighted by molar-refractivity contribution is -0.116. The number of ether oxygens (including phenoxy) is 1. The number of rotatable bonds is 5. The Bertz CT molecular complexity index is 439. The van der Waals surface area contributed by atoms with Gasteiger partial charge in [-0.2, -0.15) is 0 Å². The number of aliphatic hydroxyl groups is 1. The van der Waals surface area contributed by atoms with Crippen LogP contribution in [0.15, 0.2) is 24.3 Å². The third-order valence-electron chi connectivity index (χ3n) is 2.37. The number of methoxy groups -OCH3 is 1. The number of hydrogen-bond donors (Lipinski definition) is 2. The molecule has 1 aromatic rings. The highest BCUT2D eigenvalue weighted by atomic mass is 16.5. The van der Waals surface area contributed by atoms with Crippen LogP contribution in [0.2, 0.25) is 0 Å². The number of carbonyl (C=O) groups excluding carboxylic acids is 1. The van der Waals surface area contributed by atoms with Crippen molar-refractivity contribution in [1.29, 1.82) is 0 Å². The van der Waals surface area contributed by atoms with Crippen molar-refractivity contribution in [3.05, 3.63) is 35.4 Å². The second-order valence-corrected chi connectivity index (χ2v) is 4.17. The van der Waals surface area contributed by atoms with Gasteiger partial charge < -0.3 is 15.2 Å². The van der Waals surface area contributed by atoms with Crippen molar-refractivity contribution in [2.45, 2.75) is 20.0 Å². The first-order valence-electron chi connectivity index (χ1n) is 5.81. The Morgan fingerprint density at radius 2 is 2.28 bits per heavy atom. The second kappa shape index (κ2) is 6.81. The van der Waals surface area contributed by atoms with Gasteiger partial charge >= 0.3 is 0 Å². The van der Waals surface area contributed by atoms with Crippen molar-refractivity contribution < 1.29 is 14.6 Å². The molecule has 0 saturated carbocycles. The number of aryl methyl sites for hydroxylation is 1. The van der Waals surface area contributed by atoms with Crippen molar-refractivity contribution in [2.24, 2.45) is 0 Å². The fraction of sp³-hybridized carbons (Fsp3) is 0.357. The molecule has 0 bridgehead atoms. The average Bonchev–Trinajstić information content (AvgIpc) is 2.34. The summed E-state index contributed by atoms with van der Waals surface area (Å²) in [6.07, 6.45) is 2.58. The molecule has 1 atom stereocenters. The van der Waals surface area contributed by atoms with Crippen LogP contribution in [0.5, 0.6) is 5.75 Å². The summed E-state index contributed by atoms with van der Waals surface area (Å²) >= 11 is 0. The van der Waals surface area contributed by atoms with Gasteiger partial charge in [-0.25, -0.2) is 0 Å². The summed E-state index contributed by atoms with van der Waals surface area (Å²) in [7, 11) is 1.59. The summed E-state index contributed by atoms with van der Waals surface area (Å²) in [4.78, 5) is 11.5. The molecule has 1 rings (SSSR count). The Morgan fingerprint density at radius 3 is 2.89 bits per heavy atom. The fourth-order valence-corrected chi connectivity index (χ4v) is 1.46. The van der Waals surface area contributed by atoms with Crippen molar-refractivity contribution in [1.82, 2.24) is 5.32 Å². The molecule has 0 aromatic heterocycles. The van der Waals surface area contributed by atoms with Crippen molar-refractivity contribution in [2.75, 3.05) is 13.7 Å². The van der Waals surface area contributed by atoms with Crippen molar-refractivity contribution in [3.8, 4) is 5.75 Å². The molecule has 2 N–H and O–H groups in total. The monoisotopic (exact) mass is 249 g/mol. The maximum absolute atomic E-state index is 11.5. The molecule has 0 saturated heterocycles. The molecule has 4 nitrogen and oxygen atoms in total. The van der Waals surface area contributed by atoms with E-state index >= 15 is 0 Å². The summed E-state index contributed by atoms with van der Waals surface area (Å²) in [5, 5.41) is 11.6. The molecular weight excluding hydrogens is 230 g/mol. The van der Waals surface area contributed by atoms with Crippen molar-refractivity contribution in [3.63, 3.8) is 0 Å². The minimum absolute atomic E-state index is 0.237. The van der Waals surface area contributed by atoms with E-state index in [-0.39, 0.29) is 12.5 Å². The normalized spacial score (nSPS) is 12.4. The summed E-state index contributed by atoms with van der Waals surface area (Å²) < 4.78 is 5.21. The summed E-state index contributed by atoms with van der Waals surface area (Å²) in [6, 6.07) is 5.75. The fourth-order valence-electron chi connectivity index (χ4n) is 1.46. The van der Waals surface area contributed by atoms with Crippen LogP contribution in [0.3, 0.4) is 0 Å². The van der Waals surface area contributed by atoms with Crippen LogP contribution in [0.4, 0.5) is 0 Å². The first-order chi connectivity index (χ1) is 8.52. The molecule has 0 fully saturated rings. The van der Waals surface area contributed by atoms with Gasteiger partial charge in [-0.05, 0) is 32.1 Å². The molecule has 0 spiro atoms. The van der Waals surface area contributed by atoms with Crippen LogP contribution >= 0.6 is 0 Å².